The van der Waals surface area contributed by atoms with Gasteiger partial charge in [0.15, 0.2) is 0 Å². The van der Waals surface area contributed by atoms with Crippen molar-refractivity contribution in [3.05, 3.63) is 35.9 Å². The third kappa shape index (κ3) is 4.55. The number of esters is 1. The van der Waals surface area contributed by atoms with E-state index in [2.05, 4.69) is 40.1 Å². The molecule has 0 N–H and O–H groups in total. The second-order valence-electron chi connectivity index (χ2n) is 7.98. The molecule has 0 spiro atoms. The van der Waals surface area contributed by atoms with Crippen LogP contribution in [0.15, 0.2) is 30.3 Å². The maximum absolute atomic E-state index is 12.0. The molecule has 2 fully saturated rings. The minimum Gasteiger partial charge on any atom is -0.459 e. The maximum Gasteiger partial charge on any atom is 0.320 e. The normalized spacial score (nSPS) is 25.5. The summed E-state index contributed by atoms with van der Waals surface area (Å²) in [4.78, 5) is 16.8. The fraction of sp³-hybridized carbons (Fsp3) is 0.632. The summed E-state index contributed by atoms with van der Waals surface area (Å²) in [5, 5.41) is 0. The van der Waals surface area contributed by atoms with E-state index in [0.29, 0.717) is 18.4 Å². The van der Waals surface area contributed by atoms with Crippen LogP contribution in [0.1, 0.15) is 26.3 Å². The van der Waals surface area contributed by atoms with E-state index in [9.17, 15) is 4.79 Å². The Morgan fingerprint density at radius 1 is 1.04 bits per heavy atom. The summed E-state index contributed by atoms with van der Waals surface area (Å²) in [5.74, 6) is 1.29. The van der Waals surface area contributed by atoms with Crippen LogP contribution in [0.5, 0.6) is 0 Å². The standard InChI is InChI=1S/C19H28N2O2/c1-19(2,3)23-18(22)14-21-12-16-10-20(11-17(16)13-21)9-15-7-5-4-6-8-15/h4-8,16-17H,9-14H2,1-3H3. The topological polar surface area (TPSA) is 32.8 Å². The van der Waals surface area contributed by atoms with Gasteiger partial charge in [-0.2, -0.15) is 0 Å². The third-order valence-corrected chi connectivity index (χ3v) is 4.66. The van der Waals surface area contributed by atoms with Crippen LogP contribution in [-0.4, -0.2) is 54.1 Å². The molecule has 4 heteroatoms. The van der Waals surface area contributed by atoms with Gasteiger partial charge in [0.2, 0.25) is 0 Å². The average Bonchev–Trinajstić information content (AvgIpc) is 2.95. The second-order valence-corrected chi connectivity index (χ2v) is 7.98. The van der Waals surface area contributed by atoms with Crippen molar-refractivity contribution in [2.24, 2.45) is 11.8 Å². The van der Waals surface area contributed by atoms with Gasteiger partial charge in [-0.05, 0) is 38.2 Å². The van der Waals surface area contributed by atoms with Crippen molar-refractivity contribution in [1.82, 2.24) is 9.80 Å². The maximum atomic E-state index is 12.0. The van der Waals surface area contributed by atoms with Crippen molar-refractivity contribution >= 4 is 5.97 Å². The number of carbonyl (C=O) groups is 1. The highest BCUT2D eigenvalue weighted by atomic mass is 16.6. The average molecular weight is 316 g/mol. The summed E-state index contributed by atoms with van der Waals surface area (Å²) in [7, 11) is 0. The van der Waals surface area contributed by atoms with E-state index in [0.717, 1.165) is 32.7 Å². The van der Waals surface area contributed by atoms with Gasteiger partial charge < -0.3 is 4.74 Å². The molecule has 2 aliphatic rings. The summed E-state index contributed by atoms with van der Waals surface area (Å²) < 4.78 is 5.43. The highest BCUT2D eigenvalue weighted by molar-refractivity contribution is 5.72. The van der Waals surface area contributed by atoms with E-state index in [1.807, 2.05) is 20.8 Å². The summed E-state index contributed by atoms with van der Waals surface area (Å²) >= 11 is 0. The molecule has 1 aromatic rings. The Balaban J connectivity index is 1.45. The van der Waals surface area contributed by atoms with Crippen LogP contribution in [0.3, 0.4) is 0 Å². The zero-order valence-corrected chi connectivity index (χ0v) is 14.5. The predicted octanol–water partition coefficient (Wildman–Crippen LogP) is 2.39. The molecule has 23 heavy (non-hydrogen) atoms. The first-order valence-corrected chi connectivity index (χ1v) is 8.59. The van der Waals surface area contributed by atoms with E-state index >= 15 is 0 Å². The van der Waals surface area contributed by atoms with Crippen LogP contribution in [0.25, 0.3) is 0 Å². The number of hydrogen-bond acceptors (Lipinski definition) is 4. The summed E-state index contributed by atoms with van der Waals surface area (Å²) in [6, 6.07) is 10.7. The molecular weight excluding hydrogens is 288 g/mol. The van der Waals surface area contributed by atoms with Gasteiger partial charge >= 0.3 is 5.97 Å². The van der Waals surface area contributed by atoms with E-state index < -0.39 is 0 Å². The molecule has 126 valence electrons. The zero-order chi connectivity index (χ0) is 16.4. The molecule has 0 amide bonds. The van der Waals surface area contributed by atoms with Gasteiger partial charge in [0.05, 0.1) is 6.54 Å². The molecule has 0 aliphatic carbocycles. The number of rotatable bonds is 4. The summed E-state index contributed by atoms with van der Waals surface area (Å²) in [5.41, 5.74) is 0.997. The number of benzene rings is 1. The van der Waals surface area contributed by atoms with Crippen LogP contribution >= 0.6 is 0 Å². The molecular formula is C19H28N2O2. The van der Waals surface area contributed by atoms with Gasteiger partial charge in [0, 0.05) is 32.7 Å². The number of fused-ring (bicyclic) bond motifs is 1. The second kappa shape index (κ2) is 6.62. The van der Waals surface area contributed by atoms with Gasteiger partial charge in [0.25, 0.3) is 0 Å². The van der Waals surface area contributed by atoms with E-state index in [1.165, 1.54) is 5.56 Å². The number of ether oxygens (including phenoxy) is 1. The number of likely N-dealkylation sites (tertiary alicyclic amines) is 2. The van der Waals surface area contributed by atoms with E-state index in [1.54, 1.807) is 0 Å². The number of hydrogen-bond donors (Lipinski definition) is 0. The Bertz CT molecular complexity index is 524. The molecule has 0 bridgehead atoms. The van der Waals surface area contributed by atoms with Crippen molar-refractivity contribution in [3.63, 3.8) is 0 Å². The van der Waals surface area contributed by atoms with Crippen molar-refractivity contribution in [1.29, 1.82) is 0 Å². The van der Waals surface area contributed by atoms with Crippen LogP contribution < -0.4 is 0 Å². The Kier molecular flexibility index (Phi) is 4.74. The smallest absolute Gasteiger partial charge is 0.320 e. The molecule has 2 heterocycles. The van der Waals surface area contributed by atoms with Crippen molar-refractivity contribution in [3.8, 4) is 0 Å². The van der Waals surface area contributed by atoms with Crippen molar-refractivity contribution < 1.29 is 9.53 Å². The summed E-state index contributed by atoms with van der Waals surface area (Å²) in [6.45, 7) is 11.6. The van der Waals surface area contributed by atoms with Crippen LogP contribution in [-0.2, 0) is 16.1 Å². The van der Waals surface area contributed by atoms with Gasteiger partial charge in [0.1, 0.15) is 5.60 Å². The largest absolute Gasteiger partial charge is 0.459 e. The molecule has 1 aromatic carbocycles. The van der Waals surface area contributed by atoms with Crippen LogP contribution in [0, 0.1) is 11.8 Å². The lowest BCUT2D eigenvalue weighted by atomic mass is 10.0. The monoisotopic (exact) mass is 316 g/mol. The quantitative estimate of drug-likeness (QED) is 0.799. The molecule has 2 unspecified atom stereocenters. The van der Waals surface area contributed by atoms with Crippen LogP contribution in [0.2, 0.25) is 0 Å². The fourth-order valence-corrected chi connectivity index (χ4v) is 3.84. The molecule has 4 nitrogen and oxygen atoms in total. The minimum atomic E-state index is -0.390. The molecule has 2 aliphatic heterocycles. The van der Waals surface area contributed by atoms with Gasteiger partial charge in [-0.25, -0.2) is 0 Å². The molecule has 2 atom stereocenters. The Labute approximate surface area is 139 Å². The Morgan fingerprint density at radius 2 is 1.61 bits per heavy atom. The zero-order valence-electron chi connectivity index (χ0n) is 14.5. The minimum absolute atomic E-state index is 0.0985. The molecule has 0 aromatic heterocycles. The number of nitrogens with zero attached hydrogens (tertiary/aromatic N) is 2. The SMILES string of the molecule is CC(C)(C)OC(=O)CN1CC2CN(Cc3ccccc3)CC2C1. The third-order valence-electron chi connectivity index (χ3n) is 4.66. The highest BCUT2D eigenvalue weighted by Gasteiger charge is 2.40. The first-order chi connectivity index (χ1) is 10.9. The lowest BCUT2D eigenvalue weighted by molar-refractivity contribution is -0.155. The van der Waals surface area contributed by atoms with Gasteiger partial charge in [-0.3, -0.25) is 14.6 Å². The first-order valence-electron chi connectivity index (χ1n) is 8.59. The van der Waals surface area contributed by atoms with Gasteiger partial charge in [-0.1, -0.05) is 30.3 Å². The Hall–Kier alpha value is -1.39. The highest BCUT2D eigenvalue weighted by Crippen LogP contribution is 2.31. The van der Waals surface area contributed by atoms with Crippen molar-refractivity contribution in [2.75, 3.05) is 32.7 Å². The molecule has 0 saturated carbocycles. The predicted molar refractivity (Wildman–Crippen MR) is 91.0 cm³/mol. The molecule has 3 rings (SSSR count). The van der Waals surface area contributed by atoms with Crippen LogP contribution in [0.4, 0.5) is 0 Å². The summed E-state index contributed by atoms with van der Waals surface area (Å²) in [6.07, 6.45) is 0. The van der Waals surface area contributed by atoms with E-state index in [4.69, 9.17) is 4.74 Å². The van der Waals surface area contributed by atoms with Gasteiger partial charge in [-0.15, -0.1) is 0 Å². The van der Waals surface area contributed by atoms with E-state index in [-0.39, 0.29) is 11.6 Å². The fourth-order valence-electron chi connectivity index (χ4n) is 3.84. The lowest BCUT2D eigenvalue weighted by Gasteiger charge is -2.23. The lowest BCUT2D eigenvalue weighted by Crippen LogP contribution is -2.35. The number of carbonyl (C=O) groups excluding carboxylic acids is 1. The Morgan fingerprint density at radius 3 is 2.17 bits per heavy atom. The van der Waals surface area contributed by atoms with Crippen molar-refractivity contribution in [2.45, 2.75) is 32.9 Å². The first kappa shape index (κ1) is 16.5. The molecule has 0 radical (unpaired) electrons. The molecule has 2 saturated heterocycles.